The van der Waals surface area contributed by atoms with E-state index in [1.165, 1.54) is 128 Å². The van der Waals surface area contributed by atoms with Crippen molar-refractivity contribution in [1.82, 2.24) is 4.90 Å². The molecular weight excluding hydrogens is 433 g/mol. The Morgan fingerprint density at radius 2 is 0.879 bits per heavy atom. The van der Waals surface area contributed by atoms with Gasteiger partial charge in [-0.3, -0.25) is 0 Å². The Hall–Kier alpha value is 1.07. The molecule has 0 N–H and O–H groups in total. The molecule has 192 valence electrons. The third-order valence-corrected chi connectivity index (χ3v) is 6.99. The summed E-state index contributed by atoms with van der Waals surface area (Å²) in [6.07, 6.45) is 28.1. The molecule has 3 nitrogen and oxygen atoms in total. The van der Waals surface area contributed by atoms with Gasteiger partial charge in [0.15, 0.2) is 0 Å². The molecule has 0 aromatic rings. The Morgan fingerprint density at radius 1 is 0.576 bits per heavy atom. The first-order valence-electron chi connectivity index (χ1n) is 14.6. The molecule has 0 aliphatic carbocycles. The van der Waals surface area contributed by atoms with Crippen LogP contribution >= 0.6 is 0 Å². The van der Waals surface area contributed by atoms with E-state index in [0.29, 0.717) is 0 Å². The Kier molecular flexibility index (Phi) is 32.2. The fourth-order valence-electron chi connectivity index (χ4n) is 4.81. The molecule has 0 saturated carbocycles. The summed E-state index contributed by atoms with van der Waals surface area (Å²) in [6, 6.07) is 0.150. The summed E-state index contributed by atoms with van der Waals surface area (Å²) in [5.41, 5.74) is 0. The molecule has 1 atom stereocenters. The van der Waals surface area contributed by atoms with Gasteiger partial charge in [0.2, 0.25) is 0 Å². The van der Waals surface area contributed by atoms with Crippen molar-refractivity contribution < 1.29 is 61.3 Å². The van der Waals surface area contributed by atoms with E-state index in [9.17, 15) is 9.90 Å². The molecule has 4 heteroatoms. The third-order valence-electron chi connectivity index (χ3n) is 6.99. The van der Waals surface area contributed by atoms with E-state index < -0.39 is 5.97 Å². The molecule has 0 saturated heterocycles. The number of unbranched alkanes of at least 4 members (excludes halogenated alkanes) is 18. The van der Waals surface area contributed by atoms with Crippen LogP contribution in [0.3, 0.4) is 0 Å². The van der Waals surface area contributed by atoms with E-state index in [2.05, 4.69) is 25.7 Å². The summed E-state index contributed by atoms with van der Waals surface area (Å²) in [7, 11) is 0. The number of carboxylic acid groups (broad SMARTS) is 1. The first-order chi connectivity index (χ1) is 15.7. The number of carbonyl (C=O) groups is 1. The maximum absolute atomic E-state index is 11.2. The van der Waals surface area contributed by atoms with Gasteiger partial charge in [-0.2, -0.15) is 0 Å². The minimum Gasteiger partial charge on any atom is -0.550 e. The van der Waals surface area contributed by atoms with E-state index in [4.69, 9.17) is 0 Å². The number of hydrogen-bond donors (Lipinski definition) is 0. The van der Waals surface area contributed by atoms with E-state index in [1.54, 1.807) is 0 Å². The molecule has 0 amide bonds. The van der Waals surface area contributed by atoms with E-state index in [1.807, 2.05) is 0 Å². The van der Waals surface area contributed by atoms with Crippen LogP contribution in [0.2, 0.25) is 0 Å². The third kappa shape index (κ3) is 26.0. The van der Waals surface area contributed by atoms with Crippen molar-refractivity contribution in [3.63, 3.8) is 0 Å². The summed E-state index contributed by atoms with van der Waals surface area (Å²) in [6.45, 7) is 8.78. The number of carbonyl (C=O) groups excluding carboxylic acids is 1. The van der Waals surface area contributed by atoms with Gasteiger partial charge in [0.1, 0.15) is 0 Å². The predicted octanol–water partition coefficient (Wildman–Crippen LogP) is 5.05. The predicted molar refractivity (Wildman–Crippen MR) is 139 cm³/mol. The van der Waals surface area contributed by atoms with Crippen LogP contribution in [0.5, 0.6) is 0 Å². The van der Waals surface area contributed by atoms with Crippen LogP contribution in [-0.4, -0.2) is 30.0 Å². The number of rotatable bonds is 26. The standard InChI is InChI=1S/C29H59NO2.K/c1-4-7-9-11-13-15-17-19-21-23-25-30(28(6-3)27-29(31)32)26-24-22-20-18-16-14-12-10-8-5-2;/h28H,4-27H2,1-3H3,(H,31,32);/q;+1/p-1. The first kappa shape index (κ1) is 36.2. The summed E-state index contributed by atoms with van der Waals surface area (Å²) >= 11 is 0. The molecule has 0 bridgehead atoms. The second kappa shape index (κ2) is 29.3. The monoisotopic (exact) mass is 491 g/mol. The number of hydrogen-bond acceptors (Lipinski definition) is 3. The molecule has 33 heavy (non-hydrogen) atoms. The molecule has 0 spiro atoms. The van der Waals surface area contributed by atoms with Gasteiger partial charge in [0, 0.05) is 18.4 Å². The fraction of sp³-hybridized carbons (Fsp3) is 0.966. The summed E-state index contributed by atoms with van der Waals surface area (Å²) in [4.78, 5) is 13.7. The van der Waals surface area contributed by atoms with Crippen LogP contribution in [0.4, 0.5) is 0 Å². The molecule has 0 fully saturated rings. The van der Waals surface area contributed by atoms with Crippen molar-refractivity contribution in [2.45, 2.75) is 168 Å². The zero-order valence-corrected chi connectivity index (χ0v) is 26.4. The number of aliphatic carboxylic acids is 1. The first-order valence-corrected chi connectivity index (χ1v) is 14.6. The number of carboxylic acids is 1. The maximum Gasteiger partial charge on any atom is 1.00 e. The minimum atomic E-state index is -0.895. The molecule has 0 aliphatic heterocycles. The zero-order valence-electron chi connectivity index (χ0n) is 23.3. The van der Waals surface area contributed by atoms with E-state index in [0.717, 1.165) is 19.5 Å². The molecular formula is C29H58KNO2. The van der Waals surface area contributed by atoms with Gasteiger partial charge in [-0.15, -0.1) is 0 Å². The van der Waals surface area contributed by atoms with Gasteiger partial charge >= 0.3 is 51.4 Å². The van der Waals surface area contributed by atoms with Crippen LogP contribution in [0.15, 0.2) is 0 Å². The van der Waals surface area contributed by atoms with Gasteiger partial charge in [0.25, 0.3) is 0 Å². The van der Waals surface area contributed by atoms with Crippen LogP contribution in [0, 0.1) is 0 Å². The topological polar surface area (TPSA) is 43.4 Å². The van der Waals surface area contributed by atoms with Gasteiger partial charge < -0.3 is 14.8 Å². The summed E-state index contributed by atoms with van der Waals surface area (Å²) < 4.78 is 0. The Bertz CT molecular complexity index is 368. The molecule has 0 radical (unpaired) electrons. The molecule has 0 aliphatic rings. The van der Waals surface area contributed by atoms with E-state index >= 15 is 0 Å². The van der Waals surface area contributed by atoms with Crippen molar-refractivity contribution in [3.8, 4) is 0 Å². The molecule has 1 unspecified atom stereocenters. The van der Waals surface area contributed by atoms with Crippen molar-refractivity contribution in [2.24, 2.45) is 0 Å². The minimum absolute atomic E-state index is 0. The average molecular weight is 492 g/mol. The summed E-state index contributed by atoms with van der Waals surface area (Å²) in [5, 5.41) is 11.2. The van der Waals surface area contributed by atoms with Gasteiger partial charge in [-0.1, -0.05) is 136 Å². The second-order valence-electron chi connectivity index (χ2n) is 10.0. The van der Waals surface area contributed by atoms with Crippen LogP contribution < -0.4 is 56.5 Å². The SMILES string of the molecule is CCCCCCCCCCCCN(CCCCCCCCCCCC)C(CC)CC(=O)[O-].[K+]. The van der Waals surface area contributed by atoms with Crippen LogP contribution in [0.1, 0.15) is 162 Å². The maximum atomic E-state index is 11.2. The molecule has 0 heterocycles. The normalized spacial score (nSPS) is 12.1. The van der Waals surface area contributed by atoms with Gasteiger partial charge in [-0.25, -0.2) is 0 Å². The van der Waals surface area contributed by atoms with Crippen molar-refractivity contribution in [2.75, 3.05) is 13.1 Å². The Morgan fingerprint density at radius 3 is 1.15 bits per heavy atom. The molecule has 0 aromatic heterocycles. The van der Waals surface area contributed by atoms with Crippen molar-refractivity contribution in [3.05, 3.63) is 0 Å². The Labute approximate surface area is 251 Å². The van der Waals surface area contributed by atoms with Crippen molar-refractivity contribution >= 4 is 5.97 Å². The molecule has 0 rings (SSSR count). The van der Waals surface area contributed by atoms with Crippen LogP contribution in [-0.2, 0) is 4.79 Å². The average Bonchev–Trinajstić information content (AvgIpc) is 2.78. The zero-order chi connectivity index (χ0) is 23.7. The largest absolute Gasteiger partial charge is 1.00 e. The van der Waals surface area contributed by atoms with Crippen molar-refractivity contribution in [1.29, 1.82) is 0 Å². The van der Waals surface area contributed by atoms with Crippen LogP contribution in [0.25, 0.3) is 0 Å². The summed E-state index contributed by atoms with van der Waals surface area (Å²) in [5.74, 6) is -0.895. The molecule has 0 aromatic carbocycles. The smallest absolute Gasteiger partial charge is 0.550 e. The number of nitrogens with zero attached hydrogens (tertiary/aromatic N) is 1. The fourth-order valence-corrected chi connectivity index (χ4v) is 4.81. The van der Waals surface area contributed by atoms with Gasteiger partial charge in [-0.05, 0) is 32.4 Å². The van der Waals surface area contributed by atoms with Gasteiger partial charge in [0.05, 0.1) is 0 Å². The second-order valence-corrected chi connectivity index (χ2v) is 10.0. The Balaban J connectivity index is 0. The quantitative estimate of drug-likeness (QED) is 0.126. The van der Waals surface area contributed by atoms with E-state index in [-0.39, 0.29) is 63.8 Å².